The number of hydrogen-bond acceptors (Lipinski definition) is 3. The first-order chi connectivity index (χ1) is 10.2. The zero-order valence-electron chi connectivity index (χ0n) is 12.4. The van der Waals surface area contributed by atoms with Gasteiger partial charge in [0.15, 0.2) is 0 Å². The number of rotatable bonds is 5. The standard InChI is InChI=1S/C16H18ClNO3S/c1-12-3-9-15(10-4-12)22(20,21)18-11-16(2,19)13-5-7-14(17)8-6-13/h3-10,18-19H,11H2,1-2H3. The van der Waals surface area contributed by atoms with Crippen LogP contribution in [-0.2, 0) is 15.6 Å². The molecular weight excluding hydrogens is 322 g/mol. The lowest BCUT2D eigenvalue weighted by molar-refractivity contribution is 0.0627. The quantitative estimate of drug-likeness (QED) is 0.880. The van der Waals surface area contributed by atoms with E-state index in [1.165, 1.54) is 12.1 Å². The van der Waals surface area contributed by atoms with Gasteiger partial charge in [0.25, 0.3) is 0 Å². The third-order valence-corrected chi connectivity index (χ3v) is 5.07. The molecule has 0 heterocycles. The van der Waals surface area contributed by atoms with Crippen molar-refractivity contribution in [3.05, 3.63) is 64.7 Å². The topological polar surface area (TPSA) is 66.4 Å². The van der Waals surface area contributed by atoms with Gasteiger partial charge in [0.1, 0.15) is 5.60 Å². The molecule has 0 bridgehead atoms. The lowest BCUT2D eigenvalue weighted by Gasteiger charge is -2.24. The number of halogens is 1. The van der Waals surface area contributed by atoms with Crippen LogP contribution in [0.1, 0.15) is 18.1 Å². The predicted octanol–water partition coefficient (Wildman–Crippen LogP) is 2.83. The average Bonchev–Trinajstić information content (AvgIpc) is 2.46. The van der Waals surface area contributed by atoms with Crippen molar-refractivity contribution in [3.63, 3.8) is 0 Å². The van der Waals surface area contributed by atoms with E-state index < -0.39 is 15.6 Å². The zero-order chi connectivity index (χ0) is 16.4. The molecule has 2 aromatic carbocycles. The summed E-state index contributed by atoms with van der Waals surface area (Å²) in [6.07, 6.45) is 0. The minimum Gasteiger partial charge on any atom is -0.384 e. The van der Waals surface area contributed by atoms with E-state index in [0.29, 0.717) is 10.6 Å². The minimum atomic E-state index is -3.66. The summed E-state index contributed by atoms with van der Waals surface area (Å²) in [6, 6.07) is 13.2. The number of benzene rings is 2. The molecule has 0 aliphatic rings. The van der Waals surface area contributed by atoms with Gasteiger partial charge in [-0.3, -0.25) is 0 Å². The molecular formula is C16H18ClNO3S. The highest BCUT2D eigenvalue weighted by Crippen LogP contribution is 2.22. The summed E-state index contributed by atoms with van der Waals surface area (Å²) in [5, 5.41) is 11.0. The van der Waals surface area contributed by atoms with Crippen LogP contribution in [0.4, 0.5) is 0 Å². The molecule has 4 nitrogen and oxygen atoms in total. The number of aryl methyl sites for hydroxylation is 1. The second-order valence-electron chi connectivity index (χ2n) is 5.42. The minimum absolute atomic E-state index is 0.134. The molecule has 0 radical (unpaired) electrons. The molecule has 0 fully saturated rings. The van der Waals surface area contributed by atoms with Crippen LogP contribution in [0.3, 0.4) is 0 Å². The van der Waals surface area contributed by atoms with Crippen molar-refractivity contribution in [1.29, 1.82) is 0 Å². The zero-order valence-corrected chi connectivity index (χ0v) is 13.9. The molecule has 0 aromatic heterocycles. The van der Waals surface area contributed by atoms with Gasteiger partial charge in [-0.15, -0.1) is 0 Å². The predicted molar refractivity (Wildman–Crippen MR) is 87.4 cm³/mol. The molecule has 0 aliphatic heterocycles. The largest absolute Gasteiger partial charge is 0.384 e. The highest BCUT2D eigenvalue weighted by molar-refractivity contribution is 7.89. The van der Waals surface area contributed by atoms with E-state index in [9.17, 15) is 13.5 Å². The van der Waals surface area contributed by atoms with Crippen molar-refractivity contribution >= 4 is 21.6 Å². The van der Waals surface area contributed by atoms with E-state index in [1.807, 2.05) is 6.92 Å². The number of nitrogens with one attached hydrogen (secondary N) is 1. The van der Waals surface area contributed by atoms with Crippen molar-refractivity contribution in [2.45, 2.75) is 24.3 Å². The Bertz CT molecular complexity index is 738. The van der Waals surface area contributed by atoms with E-state index in [-0.39, 0.29) is 11.4 Å². The van der Waals surface area contributed by atoms with Crippen LogP contribution in [0.5, 0.6) is 0 Å². The van der Waals surface area contributed by atoms with Crippen molar-refractivity contribution in [2.24, 2.45) is 0 Å². The normalized spacial score (nSPS) is 14.5. The summed E-state index contributed by atoms with van der Waals surface area (Å²) in [7, 11) is -3.66. The molecule has 22 heavy (non-hydrogen) atoms. The van der Waals surface area contributed by atoms with E-state index in [4.69, 9.17) is 11.6 Å². The molecule has 0 saturated heterocycles. The molecule has 0 spiro atoms. The van der Waals surface area contributed by atoms with Gasteiger partial charge in [0, 0.05) is 11.6 Å². The Morgan fingerprint density at radius 2 is 1.64 bits per heavy atom. The second kappa shape index (κ2) is 6.38. The maximum atomic E-state index is 12.2. The number of aliphatic hydroxyl groups is 1. The first-order valence-corrected chi connectivity index (χ1v) is 8.62. The van der Waals surface area contributed by atoms with E-state index in [0.717, 1.165) is 5.56 Å². The highest BCUT2D eigenvalue weighted by Gasteiger charge is 2.26. The lowest BCUT2D eigenvalue weighted by Crippen LogP contribution is -2.38. The summed E-state index contributed by atoms with van der Waals surface area (Å²) in [4.78, 5) is 0.171. The lowest BCUT2D eigenvalue weighted by atomic mass is 9.97. The molecule has 2 aromatic rings. The molecule has 2 N–H and O–H groups in total. The van der Waals surface area contributed by atoms with Crippen LogP contribution in [0, 0.1) is 6.92 Å². The third kappa shape index (κ3) is 4.08. The van der Waals surface area contributed by atoms with Gasteiger partial charge in [-0.2, -0.15) is 0 Å². The Morgan fingerprint density at radius 3 is 2.18 bits per heavy atom. The summed E-state index contributed by atoms with van der Waals surface area (Å²) in [5.41, 5.74) is 0.234. The van der Waals surface area contributed by atoms with E-state index >= 15 is 0 Å². The average molecular weight is 340 g/mol. The van der Waals surface area contributed by atoms with Crippen LogP contribution < -0.4 is 4.72 Å². The van der Waals surface area contributed by atoms with Crippen molar-refractivity contribution < 1.29 is 13.5 Å². The fraction of sp³-hybridized carbons (Fsp3) is 0.250. The molecule has 118 valence electrons. The van der Waals surface area contributed by atoms with Crippen LogP contribution in [0.25, 0.3) is 0 Å². The van der Waals surface area contributed by atoms with Crippen molar-refractivity contribution in [3.8, 4) is 0 Å². The molecule has 6 heteroatoms. The third-order valence-electron chi connectivity index (χ3n) is 3.40. The van der Waals surface area contributed by atoms with Gasteiger partial charge >= 0.3 is 0 Å². The van der Waals surface area contributed by atoms with E-state index in [1.54, 1.807) is 43.3 Å². The Balaban J connectivity index is 2.13. The second-order valence-corrected chi connectivity index (χ2v) is 7.62. The fourth-order valence-electron chi connectivity index (χ4n) is 1.95. The maximum absolute atomic E-state index is 12.2. The van der Waals surface area contributed by atoms with Gasteiger partial charge in [-0.1, -0.05) is 41.4 Å². The highest BCUT2D eigenvalue weighted by atomic mass is 35.5. The summed E-state index contributed by atoms with van der Waals surface area (Å²) < 4.78 is 26.9. The Labute approximate surface area is 135 Å². The molecule has 1 unspecified atom stereocenters. The van der Waals surface area contributed by atoms with Gasteiger partial charge in [-0.25, -0.2) is 13.1 Å². The molecule has 0 amide bonds. The van der Waals surface area contributed by atoms with Gasteiger partial charge in [0.2, 0.25) is 10.0 Å². The Kier molecular flexibility index (Phi) is 4.92. The van der Waals surface area contributed by atoms with Crippen LogP contribution in [0.15, 0.2) is 53.4 Å². The first kappa shape index (κ1) is 17.0. The van der Waals surface area contributed by atoms with Crippen LogP contribution in [0.2, 0.25) is 5.02 Å². The molecule has 2 rings (SSSR count). The summed E-state index contributed by atoms with van der Waals surface area (Å²) in [5.74, 6) is 0. The first-order valence-electron chi connectivity index (χ1n) is 6.75. The van der Waals surface area contributed by atoms with Gasteiger partial charge < -0.3 is 5.11 Å². The van der Waals surface area contributed by atoms with Crippen molar-refractivity contribution in [1.82, 2.24) is 4.72 Å². The smallest absolute Gasteiger partial charge is 0.240 e. The fourth-order valence-corrected chi connectivity index (χ4v) is 3.21. The summed E-state index contributed by atoms with van der Waals surface area (Å²) >= 11 is 5.81. The van der Waals surface area contributed by atoms with Crippen LogP contribution >= 0.6 is 11.6 Å². The monoisotopic (exact) mass is 339 g/mol. The maximum Gasteiger partial charge on any atom is 0.240 e. The number of sulfonamides is 1. The molecule has 0 aliphatic carbocycles. The molecule has 1 atom stereocenters. The van der Waals surface area contributed by atoms with Gasteiger partial charge in [-0.05, 0) is 43.7 Å². The Morgan fingerprint density at radius 1 is 1.09 bits per heavy atom. The van der Waals surface area contributed by atoms with Gasteiger partial charge in [0.05, 0.1) is 4.90 Å². The Hall–Kier alpha value is -1.40. The molecule has 0 saturated carbocycles. The number of hydrogen-bond donors (Lipinski definition) is 2. The van der Waals surface area contributed by atoms with Crippen molar-refractivity contribution in [2.75, 3.05) is 6.54 Å². The SMILES string of the molecule is Cc1ccc(S(=O)(=O)NCC(C)(O)c2ccc(Cl)cc2)cc1. The van der Waals surface area contributed by atoms with Crippen LogP contribution in [-0.4, -0.2) is 20.1 Å². The van der Waals surface area contributed by atoms with E-state index in [2.05, 4.69) is 4.72 Å². The summed E-state index contributed by atoms with van der Waals surface area (Å²) in [6.45, 7) is 3.30.